The monoisotopic (exact) mass is 187 g/mol. The largest absolute Gasteiger partial charge is 0.309 e. The SMILES string of the molecule is O=S1(=O)C=CC(NCC2CC2)C1. The summed E-state index contributed by atoms with van der Waals surface area (Å²) in [4.78, 5) is 0. The first-order valence-electron chi connectivity index (χ1n) is 4.30. The van der Waals surface area contributed by atoms with Gasteiger partial charge in [-0.25, -0.2) is 8.42 Å². The van der Waals surface area contributed by atoms with Crippen LogP contribution in [0.25, 0.3) is 0 Å². The van der Waals surface area contributed by atoms with Gasteiger partial charge in [-0.05, 0) is 25.3 Å². The molecule has 0 aromatic rings. The van der Waals surface area contributed by atoms with E-state index in [2.05, 4.69) is 5.32 Å². The summed E-state index contributed by atoms with van der Waals surface area (Å²) in [5, 5.41) is 4.55. The van der Waals surface area contributed by atoms with E-state index in [1.807, 2.05) is 0 Å². The summed E-state index contributed by atoms with van der Waals surface area (Å²) in [6.45, 7) is 0.977. The Labute approximate surface area is 72.8 Å². The third kappa shape index (κ3) is 2.08. The van der Waals surface area contributed by atoms with Gasteiger partial charge in [0, 0.05) is 11.4 Å². The van der Waals surface area contributed by atoms with Crippen LogP contribution in [-0.4, -0.2) is 26.8 Å². The molecule has 2 aliphatic rings. The highest BCUT2D eigenvalue weighted by atomic mass is 32.2. The summed E-state index contributed by atoms with van der Waals surface area (Å²) < 4.78 is 21.9. The van der Waals surface area contributed by atoms with Crippen molar-refractivity contribution in [2.75, 3.05) is 12.3 Å². The maximum Gasteiger partial charge on any atom is 0.173 e. The zero-order valence-corrected chi connectivity index (χ0v) is 7.68. The Hall–Kier alpha value is -0.350. The van der Waals surface area contributed by atoms with Crippen molar-refractivity contribution in [1.82, 2.24) is 5.32 Å². The molecule has 1 atom stereocenters. The molecule has 0 aromatic heterocycles. The Balaban J connectivity index is 1.80. The molecule has 0 spiro atoms. The van der Waals surface area contributed by atoms with Crippen molar-refractivity contribution in [2.24, 2.45) is 5.92 Å². The first-order valence-corrected chi connectivity index (χ1v) is 6.02. The summed E-state index contributed by atoms with van der Waals surface area (Å²) >= 11 is 0. The Morgan fingerprint density at radius 1 is 1.42 bits per heavy atom. The lowest BCUT2D eigenvalue weighted by Gasteiger charge is -2.07. The second-order valence-corrected chi connectivity index (χ2v) is 5.55. The third-order valence-corrected chi connectivity index (χ3v) is 3.69. The Kier molecular flexibility index (Phi) is 1.96. The van der Waals surface area contributed by atoms with Crippen LogP contribution >= 0.6 is 0 Å². The second-order valence-electron chi connectivity index (χ2n) is 3.62. The van der Waals surface area contributed by atoms with Crippen LogP contribution in [0.3, 0.4) is 0 Å². The van der Waals surface area contributed by atoms with Gasteiger partial charge in [-0.3, -0.25) is 0 Å². The van der Waals surface area contributed by atoms with E-state index in [1.54, 1.807) is 6.08 Å². The zero-order chi connectivity index (χ0) is 8.60. The lowest BCUT2D eigenvalue weighted by molar-refractivity contribution is 0.578. The molecule has 1 unspecified atom stereocenters. The van der Waals surface area contributed by atoms with Crippen molar-refractivity contribution in [1.29, 1.82) is 0 Å². The average molecular weight is 187 g/mol. The van der Waals surface area contributed by atoms with E-state index in [1.165, 1.54) is 18.2 Å². The van der Waals surface area contributed by atoms with Crippen LogP contribution in [0.5, 0.6) is 0 Å². The molecule has 0 bridgehead atoms. The molecule has 1 saturated carbocycles. The minimum atomic E-state index is -2.87. The van der Waals surface area contributed by atoms with Crippen molar-refractivity contribution >= 4 is 9.84 Å². The summed E-state index contributed by atoms with van der Waals surface area (Å²) in [5.41, 5.74) is 0. The molecule has 1 N–H and O–H groups in total. The highest BCUT2D eigenvalue weighted by Gasteiger charge is 2.25. The molecule has 0 saturated heterocycles. The molecule has 4 heteroatoms. The molecule has 1 fully saturated rings. The molecule has 3 nitrogen and oxygen atoms in total. The molecule has 0 aromatic carbocycles. The van der Waals surface area contributed by atoms with Crippen molar-refractivity contribution in [2.45, 2.75) is 18.9 Å². The lowest BCUT2D eigenvalue weighted by atomic mass is 10.3. The number of hydrogen-bond donors (Lipinski definition) is 1. The van der Waals surface area contributed by atoms with Gasteiger partial charge in [0.1, 0.15) is 0 Å². The van der Waals surface area contributed by atoms with E-state index in [0.717, 1.165) is 12.5 Å². The third-order valence-electron chi connectivity index (χ3n) is 2.30. The van der Waals surface area contributed by atoms with Gasteiger partial charge in [-0.15, -0.1) is 0 Å². The molecule has 1 heterocycles. The topological polar surface area (TPSA) is 46.2 Å². The van der Waals surface area contributed by atoms with Gasteiger partial charge >= 0.3 is 0 Å². The van der Waals surface area contributed by atoms with E-state index < -0.39 is 9.84 Å². The second kappa shape index (κ2) is 2.85. The van der Waals surface area contributed by atoms with Gasteiger partial charge in [0.25, 0.3) is 0 Å². The van der Waals surface area contributed by atoms with Crippen LogP contribution in [-0.2, 0) is 9.84 Å². The minimum Gasteiger partial charge on any atom is -0.309 e. The van der Waals surface area contributed by atoms with Gasteiger partial charge < -0.3 is 5.32 Å². The van der Waals surface area contributed by atoms with E-state index >= 15 is 0 Å². The summed E-state index contributed by atoms with van der Waals surface area (Å²) in [5.74, 6) is 1.06. The molecule has 12 heavy (non-hydrogen) atoms. The summed E-state index contributed by atoms with van der Waals surface area (Å²) in [6, 6.07) is 0.0654. The Morgan fingerprint density at radius 2 is 2.17 bits per heavy atom. The zero-order valence-electron chi connectivity index (χ0n) is 6.86. The fourth-order valence-electron chi connectivity index (χ4n) is 1.34. The van der Waals surface area contributed by atoms with Crippen molar-refractivity contribution in [3.05, 3.63) is 11.5 Å². The molecule has 1 aliphatic heterocycles. The number of hydrogen-bond acceptors (Lipinski definition) is 3. The number of nitrogens with one attached hydrogen (secondary N) is 1. The average Bonchev–Trinajstić information content (AvgIpc) is 2.74. The molecule has 2 rings (SSSR count). The predicted octanol–water partition coefficient (Wildman–Crippen LogP) is 0.297. The fourth-order valence-corrected chi connectivity index (χ4v) is 2.61. The standard InChI is InChI=1S/C8H13NO2S/c10-12(11)4-3-8(6-12)9-5-7-1-2-7/h3-4,7-9H,1-2,5-6H2. The fraction of sp³-hybridized carbons (Fsp3) is 0.750. The molecular formula is C8H13NO2S. The number of rotatable bonds is 3. The maximum atomic E-state index is 11.0. The molecule has 1 aliphatic carbocycles. The van der Waals surface area contributed by atoms with Gasteiger partial charge in [0.2, 0.25) is 0 Å². The van der Waals surface area contributed by atoms with Crippen LogP contribution in [0.1, 0.15) is 12.8 Å². The van der Waals surface area contributed by atoms with Crippen molar-refractivity contribution < 1.29 is 8.42 Å². The van der Waals surface area contributed by atoms with Crippen LogP contribution in [0.2, 0.25) is 0 Å². The summed E-state index contributed by atoms with van der Waals surface area (Å²) in [6.07, 6.45) is 4.35. The molecule has 68 valence electrons. The van der Waals surface area contributed by atoms with Crippen LogP contribution in [0.4, 0.5) is 0 Å². The van der Waals surface area contributed by atoms with Crippen molar-refractivity contribution in [3.8, 4) is 0 Å². The lowest BCUT2D eigenvalue weighted by Crippen LogP contribution is -2.31. The normalized spacial score (nSPS) is 32.5. The maximum absolute atomic E-state index is 11.0. The van der Waals surface area contributed by atoms with Crippen LogP contribution < -0.4 is 5.32 Å². The highest BCUT2D eigenvalue weighted by Crippen LogP contribution is 2.27. The molecular weight excluding hydrogens is 174 g/mol. The van der Waals surface area contributed by atoms with E-state index in [-0.39, 0.29) is 11.8 Å². The molecule has 0 amide bonds. The predicted molar refractivity (Wildman–Crippen MR) is 47.4 cm³/mol. The van der Waals surface area contributed by atoms with E-state index in [9.17, 15) is 8.42 Å². The quantitative estimate of drug-likeness (QED) is 0.691. The minimum absolute atomic E-state index is 0.0654. The Bertz CT molecular complexity index is 290. The first-order chi connectivity index (χ1) is 5.66. The highest BCUT2D eigenvalue weighted by molar-refractivity contribution is 7.94. The van der Waals surface area contributed by atoms with Gasteiger partial charge in [-0.1, -0.05) is 6.08 Å². The van der Waals surface area contributed by atoms with Crippen LogP contribution in [0, 0.1) is 5.92 Å². The van der Waals surface area contributed by atoms with Gasteiger partial charge in [-0.2, -0.15) is 0 Å². The summed E-state index contributed by atoms with van der Waals surface area (Å²) in [7, 11) is -2.87. The van der Waals surface area contributed by atoms with Gasteiger partial charge in [0.05, 0.1) is 5.75 Å². The molecule has 0 radical (unpaired) electrons. The number of sulfone groups is 1. The van der Waals surface area contributed by atoms with E-state index in [4.69, 9.17) is 0 Å². The van der Waals surface area contributed by atoms with Crippen LogP contribution in [0.15, 0.2) is 11.5 Å². The Morgan fingerprint density at radius 3 is 2.67 bits per heavy atom. The van der Waals surface area contributed by atoms with E-state index in [0.29, 0.717) is 0 Å². The van der Waals surface area contributed by atoms with Crippen molar-refractivity contribution in [3.63, 3.8) is 0 Å². The smallest absolute Gasteiger partial charge is 0.173 e. The van der Waals surface area contributed by atoms with Gasteiger partial charge in [0.15, 0.2) is 9.84 Å². The first kappa shape index (κ1) is 8.26.